The van der Waals surface area contributed by atoms with Gasteiger partial charge in [0.05, 0.1) is 5.56 Å². The van der Waals surface area contributed by atoms with Gasteiger partial charge in [-0.25, -0.2) is 0 Å². The average Bonchev–Trinajstić information content (AvgIpc) is 3.36. The van der Waals surface area contributed by atoms with Crippen LogP contribution in [0.3, 0.4) is 0 Å². The minimum atomic E-state index is -4.38. The molecule has 2 fully saturated rings. The van der Waals surface area contributed by atoms with Crippen LogP contribution in [0.2, 0.25) is 0 Å². The molecule has 0 radical (unpaired) electrons. The van der Waals surface area contributed by atoms with Crippen LogP contribution in [0.5, 0.6) is 0 Å². The molecule has 1 saturated carbocycles. The first-order valence-electron chi connectivity index (χ1n) is 8.66. The summed E-state index contributed by atoms with van der Waals surface area (Å²) in [6.45, 7) is 1.59. The molecule has 0 spiro atoms. The minimum absolute atomic E-state index is 0.0449. The van der Waals surface area contributed by atoms with Gasteiger partial charge < -0.3 is 15.3 Å². The fourth-order valence-corrected chi connectivity index (χ4v) is 3.29. The van der Waals surface area contributed by atoms with Gasteiger partial charge in [-0.05, 0) is 43.2 Å². The molecule has 2 N–H and O–H groups in total. The van der Waals surface area contributed by atoms with Crippen LogP contribution in [0.25, 0.3) is 0 Å². The van der Waals surface area contributed by atoms with E-state index in [0.717, 1.165) is 31.4 Å². The van der Waals surface area contributed by atoms with E-state index in [1.165, 1.54) is 6.07 Å². The van der Waals surface area contributed by atoms with Crippen LogP contribution in [-0.4, -0.2) is 41.1 Å². The highest BCUT2D eigenvalue weighted by Gasteiger charge is 2.43. The summed E-state index contributed by atoms with van der Waals surface area (Å²) >= 11 is 0. The van der Waals surface area contributed by atoms with E-state index in [0.29, 0.717) is 31.0 Å². The molecule has 0 bridgehead atoms. The lowest BCUT2D eigenvalue weighted by atomic mass is 9.91. The summed E-state index contributed by atoms with van der Waals surface area (Å²) in [5.74, 6) is 0.298. The molecule has 2 aliphatic rings. The number of hydrogen-bond acceptors (Lipinski definition) is 3. The maximum atomic E-state index is 12.7. The van der Waals surface area contributed by atoms with Gasteiger partial charge in [0.25, 0.3) is 5.91 Å². The molecule has 3 rings (SSSR count). The number of nitrogens with zero attached hydrogens (tertiary/aromatic N) is 1. The summed E-state index contributed by atoms with van der Waals surface area (Å²) in [6, 6.07) is 5.06. The summed E-state index contributed by atoms with van der Waals surface area (Å²) in [7, 11) is 0. The molecule has 1 aromatic carbocycles. The standard InChI is InChI=1S/C18H23F3N2O2/c19-18(20,21)15-4-1-3-14(9-15)10-22-12-17(25)7-2-8-23(16(17)24)11-13-5-6-13/h1,3-4,9,13,22,25H,2,5-8,10-12H2/t17-/m1/s1. The fourth-order valence-electron chi connectivity index (χ4n) is 3.29. The number of alkyl halides is 3. The van der Waals surface area contributed by atoms with Crippen molar-refractivity contribution in [3.63, 3.8) is 0 Å². The first-order chi connectivity index (χ1) is 11.8. The van der Waals surface area contributed by atoms with Crippen molar-refractivity contribution in [2.75, 3.05) is 19.6 Å². The van der Waals surface area contributed by atoms with Crippen molar-refractivity contribution in [2.24, 2.45) is 5.92 Å². The van der Waals surface area contributed by atoms with Crippen LogP contribution in [0.15, 0.2) is 24.3 Å². The zero-order chi connectivity index (χ0) is 18.1. The summed E-state index contributed by atoms with van der Waals surface area (Å²) in [5, 5.41) is 13.6. The molecule has 0 unspecified atom stereocenters. The number of likely N-dealkylation sites (tertiary alicyclic amines) is 1. The van der Waals surface area contributed by atoms with Crippen LogP contribution in [0.1, 0.15) is 36.8 Å². The number of rotatable bonds is 6. The third kappa shape index (κ3) is 4.52. The van der Waals surface area contributed by atoms with Gasteiger partial charge in [-0.3, -0.25) is 4.79 Å². The summed E-state index contributed by atoms with van der Waals surface area (Å²) in [5.41, 5.74) is -1.69. The van der Waals surface area contributed by atoms with Crippen LogP contribution >= 0.6 is 0 Å². The van der Waals surface area contributed by atoms with E-state index >= 15 is 0 Å². The minimum Gasteiger partial charge on any atom is -0.379 e. The lowest BCUT2D eigenvalue weighted by Gasteiger charge is -2.38. The van der Waals surface area contributed by atoms with E-state index in [-0.39, 0.29) is 19.0 Å². The van der Waals surface area contributed by atoms with Crippen molar-refractivity contribution in [3.05, 3.63) is 35.4 Å². The van der Waals surface area contributed by atoms with Gasteiger partial charge in [-0.15, -0.1) is 0 Å². The average molecular weight is 356 g/mol. The first kappa shape index (κ1) is 18.2. The van der Waals surface area contributed by atoms with Gasteiger partial charge in [0.1, 0.15) is 0 Å². The lowest BCUT2D eigenvalue weighted by Crippen LogP contribution is -2.58. The Morgan fingerprint density at radius 3 is 2.76 bits per heavy atom. The molecule has 1 aliphatic carbocycles. The van der Waals surface area contributed by atoms with Crippen molar-refractivity contribution in [2.45, 2.75) is 44.0 Å². The van der Waals surface area contributed by atoms with Crippen LogP contribution in [0, 0.1) is 5.92 Å². The largest absolute Gasteiger partial charge is 0.416 e. The summed E-state index contributed by atoms with van der Waals surface area (Å²) in [4.78, 5) is 14.3. The van der Waals surface area contributed by atoms with Gasteiger partial charge in [-0.1, -0.05) is 18.2 Å². The van der Waals surface area contributed by atoms with Crippen molar-refractivity contribution in [1.82, 2.24) is 10.2 Å². The number of hydrogen-bond donors (Lipinski definition) is 2. The zero-order valence-electron chi connectivity index (χ0n) is 14.0. The lowest BCUT2D eigenvalue weighted by molar-refractivity contribution is -0.156. The molecule has 25 heavy (non-hydrogen) atoms. The number of halogens is 3. The topological polar surface area (TPSA) is 52.6 Å². The van der Waals surface area contributed by atoms with E-state index in [1.54, 1.807) is 11.0 Å². The molecule has 1 aromatic rings. The van der Waals surface area contributed by atoms with Crippen LogP contribution in [0.4, 0.5) is 13.2 Å². The van der Waals surface area contributed by atoms with Gasteiger partial charge in [0.2, 0.25) is 0 Å². The van der Waals surface area contributed by atoms with Gasteiger partial charge >= 0.3 is 6.18 Å². The number of benzene rings is 1. The number of amides is 1. The molecule has 1 saturated heterocycles. The second-order valence-corrected chi connectivity index (χ2v) is 7.13. The van der Waals surface area contributed by atoms with Gasteiger partial charge in [-0.2, -0.15) is 13.2 Å². The number of carbonyl (C=O) groups is 1. The third-order valence-electron chi connectivity index (χ3n) is 4.88. The van der Waals surface area contributed by atoms with Gasteiger partial charge in [0, 0.05) is 26.2 Å². The number of aliphatic hydroxyl groups is 1. The zero-order valence-corrected chi connectivity index (χ0v) is 14.0. The maximum Gasteiger partial charge on any atom is 0.416 e. The molecule has 7 heteroatoms. The maximum absolute atomic E-state index is 12.7. The van der Waals surface area contributed by atoms with Crippen LogP contribution < -0.4 is 5.32 Å². The second-order valence-electron chi connectivity index (χ2n) is 7.13. The highest BCUT2D eigenvalue weighted by molar-refractivity contribution is 5.86. The first-order valence-corrected chi connectivity index (χ1v) is 8.66. The molecule has 138 valence electrons. The van der Waals surface area contributed by atoms with Crippen molar-refractivity contribution >= 4 is 5.91 Å². The molecule has 1 aliphatic heterocycles. The number of nitrogens with one attached hydrogen (secondary N) is 1. The van der Waals surface area contributed by atoms with Crippen molar-refractivity contribution in [3.8, 4) is 0 Å². The van der Waals surface area contributed by atoms with Crippen molar-refractivity contribution in [1.29, 1.82) is 0 Å². The highest BCUT2D eigenvalue weighted by atomic mass is 19.4. The smallest absolute Gasteiger partial charge is 0.379 e. The van der Waals surface area contributed by atoms with E-state index < -0.39 is 17.3 Å². The van der Waals surface area contributed by atoms with E-state index in [2.05, 4.69) is 5.32 Å². The number of piperidine rings is 1. The predicted molar refractivity (Wildman–Crippen MR) is 86.6 cm³/mol. The molecule has 1 amide bonds. The molecule has 0 aromatic heterocycles. The Morgan fingerprint density at radius 1 is 1.32 bits per heavy atom. The molecule has 1 atom stereocenters. The Bertz CT molecular complexity index is 631. The second kappa shape index (κ2) is 6.96. The number of carbonyl (C=O) groups excluding carboxylic acids is 1. The van der Waals surface area contributed by atoms with E-state index in [4.69, 9.17) is 0 Å². The third-order valence-corrected chi connectivity index (χ3v) is 4.88. The van der Waals surface area contributed by atoms with E-state index in [9.17, 15) is 23.1 Å². The summed E-state index contributed by atoms with van der Waals surface area (Å²) < 4.78 is 38.2. The Morgan fingerprint density at radius 2 is 2.08 bits per heavy atom. The Balaban J connectivity index is 1.56. The molecular weight excluding hydrogens is 333 g/mol. The highest BCUT2D eigenvalue weighted by Crippen LogP contribution is 2.32. The van der Waals surface area contributed by atoms with E-state index in [1.807, 2.05) is 0 Å². The summed E-state index contributed by atoms with van der Waals surface area (Å²) in [6.07, 6.45) is -0.994. The quantitative estimate of drug-likeness (QED) is 0.824. The fraction of sp³-hybridized carbons (Fsp3) is 0.611. The molecule has 1 heterocycles. The van der Waals surface area contributed by atoms with Crippen LogP contribution in [-0.2, 0) is 17.5 Å². The monoisotopic (exact) mass is 356 g/mol. The molecular formula is C18H23F3N2O2. The van der Waals surface area contributed by atoms with Crippen molar-refractivity contribution < 1.29 is 23.1 Å². The Kier molecular flexibility index (Phi) is 5.06. The predicted octanol–water partition coefficient (Wildman–Crippen LogP) is 2.56. The SMILES string of the molecule is O=C1N(CC2CC2)CCC[C@@]1(O)CNCc1cccc(C(F)(F)F)c1. The van der Waals surface area contributed by atoms with Gasteiger partial charge in [0.15, 0.2) is 5.60 Å². The molecule has 4 nitrogen and oxygen atoms in total. The Hall–Kier alpha value is -1.60. The Labute approximate surface area is 145 Å². The normalized spacial score (nSPS) is 24.6.